The molecule has 0 saturated carbocycles. The van der Waals surface area contributed by atoms with Gasteiger partial charge in [-0.3, -0.25) is 9.59 Å². The molecule has 0 atom stereocenters. The summed E-state index contributed by atoms with van der Waals surface area (Å²) in [4.78, 5) is 38.6. The number of hydrogen-bond acceptors (Lipinski definition) is 10. The fourth-order valence-electron chi connectivity index (χ4n) is 9.69. The van der Waals surface area contributed by atoms with Crippen LogP contribution < -0.4 is 9.80 Å². The van der Waals surface area contributed by atoms with Crippen LogP contribution in [-0.2, 0) is 28.5 Å². The van der Waals surface area contributed by atoms with Crippen molar-refractivity contribution in [2.45, 2.75) is 25.4 Å². The van der Waals surface area contributed by atoms with Crippen molar-refractivity contribution < 1.29 is 28.5 Å². The molecule has 6 aromatic carbocycles. The Hall–Kier alpha value is -6.90. The Morgan fingerprint density at radius 3 is 1.18 bits per heavy atom. The van der Waals surface area contributed by atoms with Gasteiger partial charge in [0.15, 0.2) is 12.6 Å². The molecule has 12 heteroatoms. The number of carbonyl (C=O) groups excluding carboxylic acids is 2. The van der Waals surface area contributed by atoms with Gasteiger partial charge in [0.1, 0.15) is 10.0 Å². The molecule has 4 aliphatic heterocycles. The number of ether oxygens (including phenoxy) is 4. The smallest absolute Gasteiger partial charge is 0.261 e. The number of amides is 2. The van der Waals surface area contributed by atoms with Crippen molar-refractivity contribution in [2.24, 2.45) is 0 Å². The molecule has 0 spiro atoms. The molecule has 10 nitrogen and oxygen atoms in total. The molecule has 2 fully saturated rings. The van der Waals surface area contributed by atoms with Crippen LogP contribution in [0.3, 0.4) is 0 Å². The monoisotopic (exact) mass is 934 g/mol. The van der Waals surface area contributed by atoms with E-state index in [9.17, 15) is 0 Å². The molecular formula is C56H46N4O6S2. The molecule has 6 heterocycles. The van der Waals surface area contributed by atoms with E-state index in [1.165, 1.54) is 20.2 Å². The average molecular weight is 935 g/mol. The third kappa shape index (κ3) is 7.88. The van der Waals surface area contributed by atoms with Gasteiger partial charge < -0.3 is 38.5 Å². The zero-order valence-electron chi connectivity index (χ0n) is 37.0. The maximum Gasteiger partial charge on any atom is 0.261 e. The summed E-state index contributed by atoms with van der Waals surface area (Å²) in [6.07, 6.45) is 0.0244. The number of thiophene rings is 2. The number of para-hydroxylation sites is 2. The number of fused-ring (bicyclic) bond motifs is 3. The van der Waals surface area contributed by atoms with E-state index in [2.05, 4.69) is 119 Å². The number of anilines is 6. The highest BCUT2D eigenvalue weighted by Gasteiger charge is 2.49. The second kappa shape index (κ2) is 18.3. The van der Waals surface area contributed by atoms with Crippen molar-refractivity contribution in [3.05, 3.63) is 192 Å². The lowest BCUT2D eigenvalue weighted by molar-refractivity contribution is -0.125. The molecule has 0 bridgehead atoms. The summed E-state index contributed by atoms with van der Waals surface area (Å²) in [5.41, 5.74) is 7.43. The lowest BCUT2D eigenvalue weighted by atomic mass is 10.0. The number of rotatable bonds is 14. The van der Waals surface area contributed by atoms with Gasteiger partial charge in [0, 0.05) is 58.1 Å². The van der Waals surface area contributed by atoms with Gasteiger partial charge in [0.2, 0.25) is 0 Å². The van der Waals surface area contributed by atoms with E-state index >= 15 is 9.59 Å². The van der Waals surface area contributed by atoms with Crippen molar-refractivity contribution in [3.63, 3.8) is 0 Å². The molecule has 0 aliphatic carbocycles. The third-order valence-electron chi connectivity index (χ3n) is 12.8. The van der Waals surface area contributed by atoms with Crippen LogP contribution in [0.4, 0.5) is 32.8 Å². The molecule has 0 N–H and O–H groups in total. The molecule has 0 unspecified atom stereocenters. The summed E-state index contributed by atoms with van der Waals surface area (Å²) >= 11 is 3.47. The van der Waals surface area contributed by atoms with E-state index in [1.807, 2.05) is 60.7 Å². The minimum atomic E-state index is -0.439. The Labute approximate surface area is 402 Å². The van der Waals surface area contributed by atoms with E-state index in [0.29, 0.717) is 74.9 Å². The highest BCUT2D eigenvalue weighted by Crippen LogP contribution is 2.49. The van der Waals surface area contributed by atoms with Crippen LogP contribution in [0, 0.1) is 0 Å². The molecule has 0 radical (unpaired) electrons. The van der Waals surface area contributed by atoms with Crippen LogP contribution in [0.25, 0.3) is 31.6 Å². The maximum atomic E-state index is 15.3. The first-order valence-electron chi connectivity index (χ1n) is 23.0. The zero-order valence-corrected chi connectivity index (χ0v) is 38.7. The van der Waals surface area contributed by atoms with Gasteiger partial charge in [-0.15, -0.1) is 22.7 Å². The number of carbonyl (C=O) groups is 2. The minimum Gasteiger partial charge on any atom is -0.350 e. The van der Waals surface area contributed by atoms with Crippen LogP contribution in [0.2, 0.25) is 0 Å². The molecule has 4 aliphatic rings. The number of hydrogen-bond donors (Lipinski definition) is 0. The molecule has 338 valence electrons. The Kier molecular flexibility index (Phi) is 11.4. The van der Waals surface area contributed by atoms with Crippen molar-refractivity contribution in [1.29, 1.82) is 0 Å². The van der Waals surface area contributed by atoms with Gasteiger partial charge >= 0.3 is 0 Å². The molecule has 12 rings (SSSR count). The topological polar surface area (TPSA) is 84.0 Å². The van der Waals surface area contributed by atoms with Gasteiger partial charge in [0.25, 0.3) is 11.8 Å². The molecule has 68 heavy (non-hydrogen) atoms. The summed E-state index contributed by atoms with van der Waals surface area (Å²) in [5, 5.41) is 4.51. The van der Waals surface area contributed by atoms with Crippen molar-refractivity contribution in [3.8, 4) is 0 Å². The van der Waals surface area contributed by atoms with Gasteiger partial charge in [-0.05, 0) is 94.7 Å². The molecule has 2 aromatic heterocycles. The SMILES string of the molecule is O=C1C2=C(c3ccc(N(c4ccccc4)c4cc5ccccc5s4)cc3)N(CCC3OCCO3)C(=O)C2=C(c2ccc(N(c3ccccc3)c3cc4ccccc4s3)cc2)N1CCC1OCCO1. The van der Waals surface area contributed by atoms with E-state index in [1.54, 1.807) is 32.5 Å². The fourth-order valence-corrected chi connectivity index (χ4v) is 11.9. The maximum absolute atomic E-state index is 15.3. The summed E-state index contributed by atoms with van der Waals surface area (Å²) in [7, 11) is 0. The standard InChI is InChI=1S/C56H46N4O6S2/c61-55-51-52(54(58(55)30-28-50-65-33-34-66-50)38-21-25-44(26-22-38)60(42-15-5-2-6-16-42)48-36-40-12-8-10-18-46(40)68-48)56(62)57(29-27-49-63-31-32-64-49)53(51)37-19-23-43(24-20-37)59(41-13-3-1-4-14-41)47-35-39-11-7-9-17-45(39)67-47/h1-26,35-36,49-50H,27-34H2. The van der Waals surface area contributed by atoms with Crippen LogP contribution in [0.5, 0.6) is 0 Å². The van der Waals surface area contributed by atoms with Crippen molar-refractivity contribution >= 4 is 98.8 Å². The molecule has 2 saturated heterocycles. The minimum absolute atomic E-state index is 0.229. The van der Waals surface area contributed by atoms with Gasteiger partial charge in [-0.25, -0.2) is 0 Å². The normalized spacial score (nSPS) is 16.6. The fraction of sp³-hybridized carbons (Fsp3) is 0.179. The Morgan fingerprint density at radius 2 is 0.794 bits per heavy atom. The second-order valence-electron chi connectivity index (χ2n) is 17.0. The number of benzene rings is 6. The van der Waals surface area contributed by atoms with E-state index < -0.39 is 12.6 Å². The van der Waals surface area contributed by atoms with Crippen LogP contribution in [-0.4, -0.2) is 73.7 Å². The van der Waals surface area contributed by atoms with Crippen LogP contribution in [0.15, 0.2) is 181 Å². The van der Waals surface area contributed by atoms with Gasteiger partial charge in [-0.2, -0.15) is 0 Å². The zero-order chi connectivity index (χ0) is 45.6. The van der Waals surface area contributed by atoms with Crippen molar-refractivity contribution in [2.75, 3.05) is 49.3 Å². The largest absolute Gasteiger partial charge is 0.350 e. The second-order valence-corrected chi connectivity index (χ2v) is 19.1. The quantitative estimate of drug-likeness (QED) is 0.107. The predicted molar refractivity (Wildman–Crippen MR) is 271 cm³/mol. The van der Waals surface area contributed by atoms with Crippen LogP contribution in [0.1, 0.15) is 24.0 Å². The molecule has 2 amide bonds. The van der Waals surface area contributed by atoms with Gasteiger partial charge in [0.05, 0.1) is 49.0 Å². The molecule has 8 aromatic rings. The first-order valence-corrected chi connectivity index (χ1v) is 24.7. The predicted octanol–water partition coefficient (Wildman–Crippen LogP) is 12.4. The lowest BCUT2D eigenvalue weighted by Crippen LogP contribution is -2.33. The Bertz CT molecular complexity index is 2930. The third-order valence-corrected chi connectivity index (χ3v) is 15.0. The Balaban J connectivity index is 0.968. The van der Waals surface area contributed by atoms with E-state index in [-0.39, 0.29) is 11.8 Å². The first-order chi connectivity index (χ1) is 33.6. The van der Waals surface area contributed by atoms with Gasteiger partial charge in [-0.1, -0.05) is 97.1 Å². The molecular weight excluding hydrogens is 889 g/mol. The highest BCUT2D eigenvalue weighted by molar-refractivity contribution is 7.23. The summed E-state index contributed by atoms with van der Waals surface area (Å²) < 4.78 is 25.8. The van der Waals surface area contributed by atoms with Crippen molar-refractivity contribution in [1.82, 2.24) is 9.80 Å². The average Bonchev–Trinajstić information content (AvgIpc) is 4.26. The lowest BCUT2D eigenvalue weighted by Gasteiger charge is -2.27. The summed E-state index contributed by atoms with van der Waals surface area (Å²) in [6, 6.07) is 58.3. The summed E-state index contributed by atoms with van der Waals surface area (Å²) in [6.45, 7) is 2.62. The van der Waals surface area contributed by atoms with E-state index in [0.717, 1.165) is 43.9 Å². The first kappa shape index (κ1) is 42.5. The van der Waals surface area contributed by atoms with E-state index in [4.69, 9.17) is 18.9 Å². The Morgan fingerprint density at radius 1 is 0.441 bits per heavy atom. The highest BCUT2D eigenvalue weighted by atomic mass is 32.1. The number of nitrogens with zero attached hydrogens (tertiary/aromatic N) is 4. The van der Waals surface area contributed by atoms with Crippen LogP contribution >= 0.6 is 22.7 Å². The summed E-state index contributed by atoms with van der Waals surface area (Å²) in [5.74, 6) is -0.458.